The van der Waals surface area contributed by atoms with Crippen LogP contribution in [0.25, 0.3) is 0 Å². The molecule has 74 heavy (non-hydrogen) atoms. The highest BCUT2D eigenvalue weighted by Crippen LogP contribution is 2.18. The maximum atomic E-state index is 12.5. The van der Waals surface area contributed by atoms with Gasteiger partial charge >= 0.3 is 5.97 Å². The van der Waals surface area contributed by atoms with Crippen molar-refractivity contribution in [3.8, 4) is 0 Å². The number of hydrogen-bond donors (Lipinski definition) is 3. The van der Waals surface area contributed by atoms with Crippen LogP contribution in [0.1, 0.15) is 373 Å². The Hall–Kier alpha value is -1.66. The van der Waals surface area contributed by atoms with Crippen molar-refractivity contribution < 1.29 is 24.5 Å². The second-order valence-electron chi connectivity index (χ2n) is 23.1. The van der Waals surface area contributed by atoms with E-state index in [1.165, 1.54) is 295 Å². The molecule has 0 fully saturated rings. The zero-order chi connectivity index (χ0) is 53.6. The van der Waals surface area contributed by atoms with Crippen LogP contribution >= 0.6 is 0 Å². The Kier molecular flexibility index (Phi) is 62.4. The zero-order valence-corrected chi connectivity index (χ0v) is 50.1. The molecule has 0 bridgehead atoms. The average molecular weight is 1040 g/mol. The molecule has 1 amide bonds. The number of aliphatic hydroxyl groups excluding tert-OH is 2. The van der Waals surface area contributed by atoms with Crippen LogP contribution in [0, 0.1) is 0 Å². The average Bonchev–Trinajstić information content (AvgIpc) is 3.40. The number of amides is 1. The van der Waals surface area contributed by atoms with E-state index in [0.717, 1.165) is 44.9 Å². The van der Waals surface area contributed by atoms with Crippen LogP contribution in [0.5, 0.6) is 0 Å². The third kappa shape index (κ3) is 59.6. The van der Waals surface area contributed by atoms with Gasteiger partial charge in [0.2, 0.25) is 5.91 Å². The smallest absolute Gasteiger partial charge is 0.305 e. The SMILES string of the molecule is CCCC/C=C\CCCCCCCC(=O)OCCCCCCCCCCCCCC/C=C\CCCCCCCCCCCC(=O)NC(CO)C(O)CCCCCCCCCCCCCCCCCCCCCCC. The van der Waals surface area contributed by atoms with E-state index in [0.29, 0.717) is 25.9 Å². The first-order valence-electron chi connectivity index (χ1n) is 33.6. The van der Waals surface area contributed by atoms with Crippen molar-refractivity contribution in [2.24, 2.45) is 0 Å². The van der Waals surface area contributed by atoms with Gasteiger partial charge in [0, 0.05) is 12.8 Å². The van der Waals surface area contributed by atoms with Gasteiger partial charge < -0.3 is 20.3 Å². The molecule has 2 unspecified atom stereocenters. The Morgan fingerprint density at radius 1 is 0.365 bits per heavy atom. The molecule has 0 aliphatic heterocycles. The van der Waals surface area contributed by atoms with Gasteiger partial charge in [-0.25, -0.2) is 0 Å². The van der Waals surface area contributed by atoms with Gasteiger partial charge in [-0.1, -0.05) is 314 Å². The summed E-state index contributed by atoms with van der Waals surface area (Å²) in [6, 6.07) is -0.544. The number of esters is 1. The summed E-state index contributed by atoms with van der Waals surface area (Å²) in [6.45, 7) is 4.94. The van der Waals surface area contributed by atoms with Gasteiger partial charge in [0.05, 0.1) is 25.4 Å². The fourth-order valence-corrected chi connectivity index (χ4v) is 10.6. The molecule has 0 aromatic carbocycles. The first-order valence-corrected chi connectivity index (χ1v) is 33.6. The van der Waals surface area contributed by atoms with Crippen LogP contribution in [-0.4, -0.2) is 47.4 Å². The minimum atomic E-state index is -0.667. The van der Waals surface area contributed by atoms with Crippen molar-refractivity contribution in [2.75, 3.05) is 13.2 Å². The predicted octanol–water partition coefficient (Wildman–Crippen LogP) is 21.4. The first kappa shape index (κ1) is 72.3. The quantitative estimate of drug-likeness (QED) is 0.0320. The van der Waals surface area contributed by atoms with E-state index < -0.39 is 12.1 Å². The Morgan fingerprint density at radius 2 is 0.649 bits per heavy atom. The lowest BCUT2D eigenvalue weighted by Crippen LogP contribution is -2.45. The zero-order valence-electron chi connectivity index (χ0n) is 50.1. The lowest BCUT2D eigenvalue weighted by molar-refractivity contribution is -0.143. The number of unbranched alkanes of at least 4 members (excludes halogenated alkanes) is 48. The second-order valence-corrected chi connectivity index (χ2v) is 23.1. The molecule has 0 aromatic heterocycles. The highest BCUT2D eigenvalue weighted by Gasteiger charge is 2.20. The molecule has 0 aliphatic carbocycles. The van der Waals surface area contributed by atoms with E-state index in [9.17, 15) is 19.8 Å². The molecule has 0 saturated carbocycles. The van der Waals surface area contributed by atoms with Crippen LogP contribution in [0.3, 0.4) is 0 Å². The summed E-state index contributed by atoms with van der Waals surface area (Å²) < 4.78 is 5.46. The van der Waals surface area contributed by atoms with E-state index in [1.54, 1.807) is 0 Å². The number of allylic oxidation sites excluding steroid dienone is 4. The highest BCUT2D eigenvalue weighted by molar-refractivity contribution is 5.76. The second kappa shape index (κ2) is 63.9. The maximum Gasteiger partial charge on any atom is 0.305 e. The van der Waals surface area contributed by atoms with Gasteiger partial charge in [0.15, 0.2) is 0 Å². The van der Waals surface area contributed by atoms with Crippen molar-refractivity contribution in [3.05, 3.63) is 24.3 Å². The van der Waals surface area contributed by atoms with Crippen LogP contribution < -0.4 is 5.32 Å². The summed E-state index contributed by atoms with van der Waals surface area (Å²) in [4.78, 5) is 24.5. The number of hydrogen-bond acceptors (Lipinski definition) is 5. The third-order valence-corrected chi connectivity index (χ3v) is 15.7. The van der Waals surface area contributed by atoms with Crippen molar-refractivity contribution in [1.82, 2.24) is 5.32 Å². The van der Waals surface area contributed by atoms with Crippen molar-refractivity contribution in [1.29, 1.82) is 0 Å². The molecule has 0 heterocycles. The molecule has 6 heteroatoms. The fourth-order valence-electron chi connectivity index (χ4n) is 10.6. The molecule has 2 atom stereocenters. The Balaban J connectivity index is 3.40. The van der Waals surface area contributed by atoms with Crippen LogP contribution in [0.2, 0.25) is 0 Å². The highest BCUT2D eigenvalue weighted by atomic mass is 16.5. The minimum absolute atomic E-state index is 0.00291. The Morgan fingerprint density at radius 3 is 1.00 bits per heavy atom. The van der Waals surface area contributed by atoms with Crippen LogP contribution in [-0.2, 0) is 14.3 Å². The third-order valence-electron chi connectivity index (χ3n) is 15.7. The molecular formula is C68H131NO5. The molecule has 6 nitrogen and oxygen atoms in total. The molecule has 438 valence electrons. The molecule has 0 radical (unpaired) electrons. The molecule has 0 spiro atoms. The summed E-state index contributed by atoms with van der Waals surface area (Å²) in [5.41, 5.74) is 0. The lowest BCUT2D eigenvalue weighted by Gasteiger charge is -2.22. The standard InChI is InChI=1S/C68H131NO5/c1-3-5-7-9-11-13-15-16-17-18-19-25-28-31-34-37-41-44-48-52-56-60-66(71)65(64-70)69-67(72)61-57-53-49-45-42-38-35-32-29-26-23-21-20-22-24-27-30-33-36-39-43-47-51-55-59-63-74-68(73)62-58-54-50-46-40-14-12-10-8-6-4-2/h10,12,21,23,65-66,70-71H,3-9,11,13-20,22,24-64H2,1-2H3,(H,69,72)/b12-10-,23-21-. The van der Waals surface area contributed by atoms with E-state index in [-0.39, 0.29) is 18.5 Å². The largest absolute Gasteiger partial charge is 0.466 e. The minimum Gasteiger partial charge on any atom is -0.466 e. The summed E-state index contributed by atoms with van der Waals surface area (Å²) in [5.74, 6) is -0.0312. The summed E-state index contributed by atoms with van der Waals surface area (Å²) in [5, 5.41) is 23.4. The Bertz CT molecular complexity index is 1150. The number of nitrogens with one attached hydrogen (secondary N) is 1. The van der Waals surface area contributed by atoms with Gasteiger partial charge in [-0.15, -0.1) is 0 Å². The van der Waals surface area contributed by atoms with Crippen molar-refractivity contribution in [2.45, 2.75) is 386 Å². The van der Waals surface area contributed by atoms with E-state index in [4.69, 9.17) is 4.74 Å². The molecule has 0 aliphatic rings. The summed E-state index contributed by atoms with van der Waals surface area (Å²) in [7, 11) is 0. The molecular weight excluding hydrogens is 911 g/mol. The van der Waals surface area contributed by atoms with Crippen LogP contribution in [0.4, 0.5) is 0 Å². The first-order chi connectivity index (χ1) is 36.5. The van der Waals surface area contributed by atoms with Gasteiger partial charge in [-0.3, -0.25) is 9.59 Å². The molecule has 3 N–H and O–H groups in total. The molecule has 0 rings (SSSR count). The van der Waals surface area contributed by atoms with E-state index in [1.807, 2.05) is 0 Å². The Labute approximate surface area is 462 Å². The number of carbonyl (C=O) groups is 2. The van der Waals surface area contributed by atoms with Crippen molar-refractivity contribution in [3.63, 3.8) is 0 Å². The normalized spacial score (nSPS) is 12.6. The van der Waals surface area contributed by atoms with Gasteiger partial charge in [-0.2, -0.15) is 0 Å². The molecule has 0 saturated heterocycles. The topological polar surface area (TPSA) is 95.9 Å². The number of rotatable bonds is 63. The van der Waals surface area contributed by atoms with Crippen LogP contribution in [0.15, 0.2) is 24.3 Å². The lowest BCUT2D eigenvalue weighted by atomic mass is 10.0. The molecule has 0 aromatic rings. The monoisotopic (exact) mass is 1040 g/mol. The predicted molar refractivity (Wildman–Crippen MR) is 324 cm³/mol. The number of carbonyl (C=O) groups excluding carboxylic acids is 2. The fraction of sp³-hybridized carbons (Fsp3) is 0.912. The number of ether oxygens (including phenoxy) is 1. The van der Waals surface area contributed by atoms with Gasteiger partial charge in [0.25, 0.3) is 0 Å². The number of aliphatic hydroxyl groups is 2. The summed E-state index contributed by atoms with van der Waals surface area (Å²) >= 11 is 0. The van der Waals surface area contributed by atoms with Gasteiger partial charge in [-0.05, 0) is 70.6 Å². The van der Waals surface area contributed by atoms with Crippen molar-refractivity contribution >= 4 is 11.9 Å². The van der Waals surface area contributed by atoms with E-state index >= 15 is 0 Å². The van der Waals surface area contributed by atoms with Gasteiger partial charge in [0.1, 0.15) is 0 Å². The maximum absolute atomic E-state index is 12.5. The summed E-state index contributed by atoms with van der Waals surface area (Å²) in [6.07, 6.45) is 79.2. The van der Waals surface area contributed by atoms with E-state index in [2.05, 4.69) is 43.5 Å².